The highest BCUT2D eigenvalue weighted by molar-refractivity contribution is 7.89. The van der Waals surface area contributed by atoms with Gasteiger partial charge < -0.3 is 10.1 Å². The van der Waals surface area contributed by atoms with Gasteiger partial charge in [-0.2, -0.15) is 0 Å². The number of carbonyl (C=O) groups excluding carboxylic acids is 2. The van der Waals surface area contributed by atoms with Crippen LogP contribution >= 0.6 is 11.6 Å². The van der Waals surface area contributed by atoms with Gasteiger partial charge in [-0.05, 0) is 36.4 Å². The fourth-order valence-corrected chi connectivity index (χ4v) is 3.11. The maximum absolute atomic E-state index is 13.4. The molecule has 10 heteroatoms. The van der Waals surface area contributed by atoms with E-state index >= 15 is 0 Å². The molecule has 0 aliphatic heterocycles. The number of anilines is 1. The Morgan fingerprint density at radius 1 is 1.07 bits per heavy atom. The zero-order valence-corrected chi connectivity index (χ0v) is 15.5. The van der Waals surface area contributed by atoms with Crippen LogP contribution in [0, 0.1) is 5.82 Å². The molecule has 2 rings (SSSR count). The predicted molar refractivity (Wildman–Crippen MR) is 97.2 cm³/mol. The van der Waals surface area contributed by atoms with Crippen LogP contribution in [0.4, 0.5) is 10.1 Å². The molecule has 7 nitrogen and oxygen atoms in total. The Bertz CT molecular complexity index is 919. The minimum atomic E-state index is -3.79. The van der Waals surface area contributed by atoms with Crippen LogP contribution < -0.4 is 10.0 Å². The number of hydrogen-bond acceptors (Lipinski definition) is 5. The Morgan fingerprint density at radius 3 is 2.41 bits per heavy atom. The molecule has 27 heavy (non-hydrogen) atoms. The van der Waals surface area contributed by atoms with E-state index in [2.05, 4.69) is 10.0 Å². The zero-order chi connectivity index (χ0) is 19.9. The molecular formula is C17H16ClFN2O5S. The van der Waals surface area contributed by atoms with E-state index in [0.717, 1.165) is 0 Å². The Hall–Kier alpha value is -2.49. The van der Waals surface area contributed by atoms with Crippen molar-refractivity contribution in [2.24, 2.45) is 0 Å². The van der Waals surface area contributed by atoms with Crippen LogP contribution in [0.25, 0.3) is 0 Å². The number of benzene rings is 2. The van der Waals surface area contributed by atoms with E-state index in [1.165, 1.54) is 48.5 Å². The number of sulfonamides is 1. The molecule has 144 valence electrons. The number of carbonyl (C=O) groups is 2. The summed E-state index contributed by atoms with van der Waals surface area (Å²) < 4.78 is 44.4. The molecule has 0 saturated heterocycles. The van der Waals surface area contributed by atoms with Crippen molar-refractivity contribution in [1.82, 2.24) is 4.72 Å². The van der Waals surface area contributed by atoms with E-state index < -0.39 is 34.3 Å². The highest BCUT2D eigenvalue weighted by Gasteiger charge is 2.15. The summed E-state index contributed by atoms with van der Waals surface area (Å²) in [7, 11) is -3.79. The van der Waals surface area contributed by atoms with Crippen molar-refractivity contribution in [2.45, 2.75) is 11.3 Å². The van der Waals surface area contributed by atoms with Gasteiger partial charge in [0.25, 0.3) is 5.91 Å². The van der Waals surface area contributed by atoms with Gasteiger partial charge in [0, 0.05) is 11.6 Å². The van der Waals surface area contributed by atoms with Crippen LogP contribution in [0.1, 0.15) is 6.42 Å². The fourth-order valence-electron chi connectivity index (χ4n) is 1.95. The number of para-hydroxylation sites is 1. The van der Waals surface area contributed by atoms with E-state index in [1.807, 2.05) is 0 Å². The van der Waals surface area contributed by atoms with Crippen molar-refractivity contribution in [3.8, 4) is 0 Å². The number of halogens is 2. The average Bonchev–Trinajstić information content (AvgIpc) is 2.62. The number of hydrogen-bond donors (Lipinski definition) is 2. The molecule has 0 spiro atoms. The lowest BCUT2D eigenvalue weighted by Crippen LogP contribution is -2.28. The molecule has 0 aliphatic carbocycles. The SMILES string of the molecule is O=C(COC(=O)CCNS(=O)(=O)c1ccc(Cl)cc1)Nc1ccccc1F. The van der Waals surface area contributed by atoms with Crippen LogP contribution in [-0.4, -0.2) is 33.4 Å². The van der Waals surface area contributed by atoms with E-state index in [4.69, 9.17) is 16.3 Å². The Morgan fingerprint density at radius 2 is 1.74 bits per heavy atom. The van der Waals surface area contributed by atoms with Crippen LogP contribution in [0.15, 0.2) is 53.4 Å². The zero-order valence-electron chi connectivity index (χ0n) is 13.9. The van der Waals surface area contributed by atoms with Gasteiger partial charge in [-0.15, -0.1) is 0 Å². The van der Waals surface area contributed by atoms with Crippen molar-refractivity contribution >= 4 is 39.2 Å². The van der Waals surface area contributed by atoms with Crippen LogP contribution in [-0.2, 0) is 24.3 Å². The molecule has 0 fully saturated rings. The molecule has 0 saturated carbocycles. The van der Waals surface area contributed by atoms with Crippen molar-refractivity contribution < 1.29 is 27.1 Å². The summed E-state index contributed by atoms with van der Waals surface area (Å²) in [5.41, 5.74) is -0.0331. The molecule has 0 aromatic heterocycles. The summed E-state index contributed by atoms with van der Waals surface area (Å²) in [5, 5.41) is 2.65. The van der Waals surface area contributed by atoms with Gasteiger partial charge in [0.1, 0.15) is 5.82 Å². The third-order valence-electron chi connectivity index (χ3n) is 3.26. The van der Waals surface area contributed by atoms with Gasteiger partial charge in [-0.3, -0.25) is 9.59 Å². The first-order valence-electron chi connectivity index (χ1n) is 7.73. The maximum atomic E-state index is 13.4. The largest absolute Gasteiger partial charge is 0.456 e. The van der Waals surface area contributed by atoms with Gasteiger partial charge in [0.15, 0.2) is 6.61 Å². The Labute approximate surface area is 160 Å². The van der Waals surface area contributed by atoms with E-state index in [-0.39, 0.29) is 23.5 Å². The van der Waals surface area contributed by atoms with Crippen molar-refractivity contribution in [3.63, 3.8) is 0 Å². The van der Waals surface area contributed by atoms with Gasteiger partial charge in [0.2, 0.25) is 10.0 Å². The molecule has 0 radical (unpaired) electrons. The van der Waals surface area contributed by atoms with E-state index in [1.54, 1.807) is 0 Å². The summed E-state index contributed by atoms with van der Waals surface area (Å²) in [6, 6.07) is 11.1. The third-order valence-corrected chi connectivity index (χ3v) is 4.99. The van der Waals surface area contributed by atoms with Crippen molar-refractivity contribution in [2.75, 3.05) is 18.5 Å². The topological polar surface area (TPSA) is 102 Å². The number of nitrogens with one attached hydrogen (secondary N) is 2. The molecule has 0 atom stereocenters. The Balaban J connectivity index is 1.74. The van der Waals surface area contributed by atoms with Gasteiger partial charge in [0.05, 0.1) is 17.0 Å². The minimum absolute atomic E-state index is 0.00420. The lowest BCUT2D eigenvalue weighted by atomic mass is 10.3. The highest BCUT2D eigenvalue weighted by Crippen LogP contribution is 2.14. The quantitative estimate of drug-likeness (QED) is 0.645. The average molecular weight is 415 g/mol. The molecular weight excluding hydrogens is 399 g/mol. The number of esters is 1. The molecule has 0 bridgehead atoms. The normalized spacial score (nSPS) is 11.0. The van der Waals surface area contributed by atoms with Gasteiger partial charge >= 0.3 is 5.97 Å². The van der Waals surface area contributed by atoms with Crippen molar-refractivity contribution in [1.29, 1.82) is 0 Å². The maximum Gasteiger partial charge on any atom is 0.307 e. The van der Waals surface area contributed by atoms with Gasteiger partial charge in [-0.25, -0.2) is 17.5 Å². The number of rotatable bonds is 8. The molecule has 0 unspecified atom stereocenters. The molecule has 2 aromatic rings. The highest BCUT2D eigenvalue weighted by atomic mass is 35.5. The second-order valence-electron chi connectivity index (χ2n) is 5.29. The summed E-state index contributed by atoms with van der Waals surface area (Å²) in [6.07, 6.45) is -0.278. The van der Waals surface area contributed by atoms with Crippen LogP contribution in [0.5, 0.6) is 0 Å². The van der Waals surface area contributed by atoms with Gasteiger partial charge in [-0.1, -0.05) is 23.7 Å². The third kappa shape index (κ3) is 6.63. The first-order chi connectivity index (χ1) is 12.8. The standard InChI is InChI=1S/C17H16ClFN2O5S/c18-12-5-7-13(8-6-12)27(24,25)20-10-9-17(23)26-11-16(22)21-15-4-2-1-3-14(15)19/h1-8,20H,9-11H2,(H,21,22). The van der Waals surface area contributed by atoms with Crippen molar-refractivity contribution in [3.05, 3.63) is 59.4 Å². The first-order valence-corrected chi connectivity index (χ1v) is 9.59. The molecule has 1 amide bonds. The lowest BCUT2D eigenvalue weighted by Gasteiger charge is -2.08. The number of ether oxygens (including phenoxy) is 1. The van der Waals surface area contributed by atoms with E-state index in [0.29, 0.717) is 5.02 Å². The molecule has 2 aromatic carbocycles. The van der Waals surface area contributed by atoms with E-state index in [9.17, 15) is 22.4 Å². The minimum Gasteiger partial charge on any atom is -0.456 e. The lowest BCUT2D eigenvalue weighted by molar-refractivity contribution is -0.147. The first kappa shape index (κ1) is 20.8. The second-order valence-corrected chi connectivity index (χ2v) is 7.49. The summed E-state index contributed by atoms with van der Waals surface area (Å²) in [5.74, 6) is -2.11. The smallest absolute Gasteiger partial charge is 0.307 e. The number of amides is 1. The summed E-state index contributed by atoms with van der Waals surface area (Å²) >= 11 is 5.70. The Kier molecular flexibility index (Phi) is 7.28. The monoisotopic (exact) mass is 414 g/mol. The summed E-state index contributed by atoms with van der Waals surface area (Å²) in [4.78, 5) is 23.2. The predicted octanol–water partition coefficient (Wildman–Crippen LogP) is 2.33. The molecule has 0 aliphatic rings. The fraction of sp³-hybridized carbons (Fsp3) is 0.176. The second kappa shape index (κ2) is 9.45. The summed E-state index contributed by atoms with van der Waals surface area (Å²) in [6.45, 7) is -0.824. The molecule has 0 heterocycles. The molecule has 2 N–H and O–H groups in total. The van der Waals surface area contributed by atoms with Crippen LogP contribution in [0.2, 0.25) is 5.02 Å². The van der Waals surface area contributed by atoms with Crippen LogP contribution in [0.3, 0.4) is 0 Å².